The molecular weight excluding hydrogens is 295 g/mol. The lowest BCUT2D eigenvalue weighted by Gasteiger charge is -2.17. The number of halogens is 1. The zero-order valence-electron chi connectivity index (χ0n) is 7.21. The van der Waals surface area contributed by atoms with Gasteiger partial charge in [0.1, 0.15) is 16.9 Å². The van der Waals surface area contributed by atoms with Crippen LogP contribution in [0.4, 0.5) is 0 Å². The Morgan fingerprint density at radius 1 is 1.21 bits per heavy atom. The monoisotopic (exact) mass is 302 g/mol. The maximum atomic E-state index is 5.49. The quantitative estimate of drug-likeness (QED) is 0.757. The molecule has 5 heteroatoms. The largest absolute Gasteiger partial charge is 0.486 e. The van der Waals surface area contributed by atoms with Crippen LogP contribution >= 0.6 is 22.6 Å². The van der Waals surface area contributed by atoms with Crippen molar-refractivity contribution in [1.29, 1.82) is 0 Å². The summed E-state index contributed by atoms with van der Waals surface area (Å²) in [5.74, 6) is 1.59. The van der Waals surface area contributed by atoms with Crippen LogP contribution in [-0.4, -0.2) is 23.4 Å². The van der Waals surface area contributed by atoms with Crippen molar-refractivity contribution >= 4 is 33.5 Å². The Labute approximate surface area is 93.7 Å². The van der Waals surface area contributed by atoms with Gasteiger partial charge in [-0.2, -0.15) is 5.10 Å². The highest BCUT2D eigenvalue weighted by atomic mass is 127. The number of rotatable bonds is 0. The van der Waals surface area contributed by atoms with Crippen molar-refractivity contribution in [2.75, 3.05) is 13.2 Å². The van der Waals surface area contributed by atoms with E-state index < -0.39 is 0 Å². The molecular formula is C9H7IN2O2. The Balaban J connectivity index is 2.29. The van der Waals surface area contributed by atoms with Crippen LogP contribution < -0.4 is 9.47 Å². The second-order valence-electron chi connectivity index (χ2n) is 3.05. The Hall–Kier alpha value is -0.980. The molecule has 1 aromatic carbocycles. The predicted molar refractivity (Wildman–Crippen MR) is 59.8 cm³/mol. The number of benzene rings is 1. The van der Waals surface area contributed by atoms with Crippen molar-refractivity contribution in [3.63, 3.8) is 0 Å². The SMILES string of the molecule is Ic1[nH]nc2cc3c(cc12)OCCO3. The predicted octanol–water partition coefficient (Wildman–Crippen LogP) is 1.94. The summed E-state index contributed by atoms with van der Waals surface area (Å²) in [5, 5.41) is 8.16. The van der Waals surface area contributed by atoms with Crippen molar-refractivity contribution in [3.05, 3.63) is 15.8 Å². The van der Waals surface area contributed by atoms with Gasteiger partial charge in [-0.25, -0.2) is 0 Å². The average Bonchev–Trinajstić information content (AvgIpc) is 2.57. The first-order valence-electron chi connectivity index (χ1n) is 4.28. The summed E-state index contributed by atoms with van der Waals surface area (Å²) in [7, 11) is 0. The summed E-state index contributed by atoms with van der Waals surface area (Å²) in [5.41, 5.74) is 0.915. The summed E-state index contributed by atoms with van der Waals surface area (Å²) in [4.78, 5) is 0. The van der Waals surface area contributed by atoms with E-state index in [1.807, 2.05) is 12.1 Å². The van der Waals surface area contributed by atoms with Gasteiger partial charge in [-0.05, 0) is 28.7 Å². The number of nitrogens with zero attached hydrogens (tertiary/aromatic N) is 1. The maximum Gasteiger partial charge on any atom is 0.163 e. The molecule has 0 amide bonds. The van der Waals surface area contributed by atoms with E-state index in [-0.39, 0.29) is 0 Å². The van der Waals surface area contributed by atoms with E-state index in [2.05, 4.69) is 32.8 Å². The molecule has 0 aliphatic carbocycles. The number of ether oxygens (including phenoxy) is 2. The number of nitrogens with one attached hydrogen (secondary N) is 1. The molecule has 1 N–H and O–H groups in total. The lowest BCUT2D eigenvalue weighted by atomic mass is 10.2. The number of aromatic amines is 1. The van der Waals surface area contributed by atoms with Crippen LogP contribution in [0.2, 0.25) is 0 Å². The van der Waals surface area contributed by atoms with Gasteiger partial charge in [-0.1, -0.05) is 0 Å². The smallest absolute Gasteiger partial charge is 0.163 e. The molecule has 0 fully saturated rings. The van der Waals surface area contributed by atoms with Gasteiger partial charge in [-0.3, -0.25) is 5.10 Å². The summed E-state index contributed by atoms with van der Waals surface area (Å²) >= 11 is 2.21. The molecule has 0 spiro atoms. The Morgan fingerprint density at radius 2 is 1.93 bits per heavy atom. The van der Waals surface area contributed by atoms with E-state index in [1.54, 1.807) is 0 Å². The van der Waals surface area contributed by atoms with Crippen molar-refractivity contribution < 1.29 is 9.47 Å². The van der Waals surface area contributed by atoms with Crippen LogP contribution in [0, 0.1) is 3.70 Å². The first kappa shape index (κ1) is 8.34. The van der Waals surface area contributed by atoms with Gasteiger partial charge in [0.15, 0.2) is 11.5 Å². The summed E-state index contributed by atoms with van der Waals surface area (Å²) in [6.07, 6.45) is 0. The molecule has 0 unspecified atom stereocenters. The van der Waals surface area contributed by atoms with Gasteiger partial charge < -0.3 is 9.47 Å². The van der Waals surface area contributed by atoms with Gasteiger partial charge >= 0.3 is 0 Å². The second kappa shape index (κ2) is 3.01. The van der Waals surface area contributed by atoms with E-state index in [0.717, 1.165) is 26.1 Å². The van der Waals surface area contributed by atoms with Crippen LogP contribution in [0.15, 0.2) is 12.1 Å². The number of hydrogen-bond acceptors (Lipinski definition) is 3. The van der Waals surface area contributed by atoms with Crippen LogP contribution in [-0.2, 0) is 0 Å². The van der Waals surface area contributed by atoms with Crippen LogP contribution in [0.5, 0.6) is 11.5 Å². The minimum atomic E-state index is 0.611. The number of fused-ring (bicyclic) bond motifs is 2. The van der Waals surface area contributed by atoms with Gasteiger partial charge in [-0.15, -0.1) is 0 Å². The van der Waals surface area contributed by atoms with E-state index >= 15 is 0 Å². The molecule has 1 aromatic heterocycles. The third-order valence-electron chi connectivity index (χ3n) is 2.17. The van der Waals surface area contributed by atoms with E-state index in [9.17, 15) is 0 Å². The van der Waals surface area contributed by atoms with Gasteiger partial charge in [0.25, 0.3) is 0 Å². The average molecular weight is 302 g/mol. The molecule has 1 aliphatic heterocycles. The molecule has 14 heavy (non-hydrogen) atoms. The van der Waals surface area contributed by atoms with E-state index in [4.69, 9.17) is 9.47 Å². The van der Waals surface area contributed by atoms with E-state index in [1.165, 1.54) is 0 Å². The highest BCUT2D eigenvalue weighted by molar-refractivity contribution is 14.1. The third kappa shape index (κ3) is 1.15. The lowest BCUT2D eigenvalue weighted by Crippen LogP contribution is -2.15. The molecule has 2 aromatic rings. The standard InChI is InChI=1S/C9H7IN2O2/c10-9-5-3-7-8(14-2-1-13-7)4-6(5)11-12-9/h3-4H,1-2H2,(H,11,12). The molecule has 72 valence electrons. The summed E-state index contributed by atoms with van der Waals surface area (Å²) in [6, 6.07) is 3.87. The Kier molecular flexibility index (Phi) is 1.79. The topological polar surface area (TPSA) is 47.1 Å². The lowest BCUT2D eigenvalue weighted by molar-refractivity contribution is 0.172. The van der Waals surface area contributed by atoms with Crippen molar-refractivity contribution in [2.45, 2.75) is 0 Å². The third-order valence-corrected chi connectivity index (χ3v) is 2.99. The van der Waals surface area contributed by atoms with Crippen LogP contribution in [0.25, 0.3) is 10.9 Å². The zero-order valence-corrected chi connectivity index (χ0v) is 9.37. The fourth-order valence-electron chi connectivity index (χ4n) is 1.52. The Bertz CT molecular complexity index is 495. The van der Waals surface area contributed by atoms with Crippen molar-refractivity contribution in [2.24, 2.45) is 0 Å². The Morgan fingerprint density at radius 3 is 2.71 bits per heavy atom. The van der Waals surface area contributed by atoms with Gasteiger partial charge in [0.05, 0.1) is 5.52 Å². The molecule has 0 atom stereocenters. The molecule has 4 nitrogen and oxygen atoms in total. The highest BCUT2D eigenvalue weighted by Gasteiger charge is 2.14. The maximum absolute atomic E-state index is 5.49. The first-order chi connectivity index (χ1) is 6.84. The zero-order chi connectivity index (χ0) is 9.54. The fourth-order valence-corrected chi connectivity index (χ4v) is 2.07. The highest BCUT2D eigenvalue weighted by Crippen LogP contribution is 2.34. The fraction of sp³-hybridized carbons (Fsp3) is 0.222. The normalized spacial score (nSPS) is 14.6. The second-order valence-corrected chi connectivity index (χ2v) is 4.13. The summed E-state index contributed by atoms with van der Waals surface area (Å²) < 4.78 is 12.0. The van der Waals surface area contributed by atoms with Gasteiger partial charge in [0, 0.05) is 11.5 Å². The minimum Gasteiger partial charge on any atom is -0.486 e. The molecule has 1 aliphatic rings. The molecule has 3 rings (SSSR count). The molecule has 0 radical (unpaired) electrons. The number of aromatic nitrogens is 2. The van der Waals surface area contributed by atoms with Crippen molar-refractivity contribution in [1.82, 2.24) is 10.2 Å². The van der Waals surface area contributed by atoms with Crippen LogP contribution in [0.3, 0.4) is 0 Å². The first-order valence-corrected chi connectivity index (χ1v) is 5.36. The molecule has 0 saturated heterocycles. The number of H-pyrrole nitrogens is 1. The van der Waals surface area contributed by atoms with E-state index in [0.29, 0.717) is 13.2 Å². The van der Waals surface area contributed by atoms with Gasteiger partial charge in [0.2, 0.25) is 0 Å². The minimum absolute atomic E-state index is 0.611. The summed E-state index contributed by atoms with van der Waals surface area (Å²) in [6.45, 7) is 1.23. The van der Waals surface area contributed by atoms with Crippen molar-refractivity contribution in [3.8, 4) is 11.5 Å². The van der Waals surface area contributed by atoms with Crippen LogP contribution in [0.1, 0.15) is 0 Å². The molecule has 2 heterocycles. The molecule has 0 bridgehead atoms. The molecule has 0 saturated carbocycles. The number of hydrogen-bond donors (Lipinski definition) is 1.